The average molecular weight is 990 g/mol. The molecule has 0 radical (unpaired) electrons. The molecule has 6 aromatic rings. The summed E-state index contributed by atoms with van der Waals surface area (Å²) in [6, 6.07) is 21.1. The number of benzene rings is 4. The van der Waals surface area contributed by atoms with Crippen LogP contribution in [0.4, 0.5) is 21.6 Å². The van der Waals surface area contributed by atoms with Crippen molar-refractivity contribution in [1.29, 1.82) is 0 Å². The van der Waals surface area contributed by atoms with Crippen LogP contribution in [0.25, 0.3) is 22.5 Å². The van der Waals surface area contributed by atoms with Crippen molar-refractivity contribution in [3.05, 3.63) is 126 Å². The topological polar surface area (TPSA) is 212 Å². The minimum absolute atomic E-state index is 0.0753. The lowest BCUT2D eigenvalue weighted by atomic mass is 10.1. The van der Waals surface area contributed by atoms with E-state index in [2.05, 4.69) is 4.98 Å². The summed E-state index contributed by atoms with van der Waals surface area (Å²) in [5.74, 6) is 1.33. The molecule has 2 fully saturated rings. The molecule has 18 nitrogen and oxygen atoms in total. The molecule has 0 aliphatic carbocycles. The number of nitro benzene ring substituents is 2. The standard InChI is InChI=1S/C21H22N4O6S2.C19H16Cl2N4O4S2/c1-30-17-10-15(11-18(13-17)31-2)20-14-32-21(22-20)23-6-8-24(9-7-23)33(28,29)19-5-3-4-16(12-19)25(26)27;20-16-5-4-13(10-17(16)21)18-12-30-19(22-18)23-6-8-24(9-7-23)31(28,29)15-3-1-2-14(11-15)25(26)27/h3-5,10-14H,6-9H2,1-2H3;1-5,10-12H,6-9H2. The fourth-order valence-electron chi connectivity index (χ4n) is 6.75. The molecule has 2 aromatic heterocycles. The minimum Gasteiger partial charge on any atom is -0.497 e. The molecule has 0 spiro atoms. The minimum atomic E-state index is -3.82. The van der Waals surface area contributed by atoms with Gasteiger partial charge in [0.05, 0.1) is 55.3 Å². The van der Waals surface area contributed by atoms with Gasteiger partial charge in [0.25, 0.3) is 11.4 Å². The van der Waals surface area contributed by atoms with Gasteiger partial charge in [0.2, 0.25) is 20.0 Å². The van der Waals surface area contributed by atoms with E-state index in [4.69, 9.17) is 37.7 Å². The van der Waals surface area contributed by atoms with Gasteiger partial charge >= 0.3 is 0 Å². The van der Waals surface area contributed by atoms with Crippen molar-refractivity contribution in [3.63, 3.8) is 0 Å². The lowest BCUT2D eigenvalue weighted by Gasteiger charge is -2.33. The first kappa shape index (κ1) is 46.5. The number of aromatic nitrogens is 2. The van der Waals surface area contributed by atoms with E-state index in [1.807, 2.05) is 38.8 Å². The molecule has 24 heteroatoms. The molecule has 4 aromatic carbocycles. The highest BCUT2D eigenvalue weighted by Gasteiger charge is 2.32. The smallest absolute Gasteiger partial charge is 0.270 e. The zero-order valence-corrected chi connectivity index (χ0v) is 38.7. The predicted molar refractivity (Wildman–Crippen MR) is 246 cm³/mol. The van der Waals surface area contributed by atoms with E-state index in [0.29, 0.717) is 47.7 Å². The van der Waals surface area contributed by atoms with Crippen LogP contribution in [0, 0.1) is 20.2 Å². The number of sulfonamides is 2. The van der Waals surface area contributed by atoms with Gasteiger partial charge in [-0.05, 0) is 36.4 Å². The second-order valence-corrected chi connectivity index (χ2v) is 20.4. The van der Waals surface area contributed by atoms with E-state index in [9.17, 15) is 37.1 Å². The summed E-state index contributed by atoms with van der Waals surface area (Å²) in [5.41, 5.74) is 2.75. The molecule has 0 bridgehead atoms. The molecule has 4 heterocycles. The average Bonchev–Trinajstić information content (AvgIpc) is 4.02. The van der Waals surface area contributed by atoms with E-state index in [1.165, 1.54) is 67.7 Å². The van der Waals surface area contributed by atoms with Crippen LogP contribution in [0.3, 0.4) is 0 Å². The SMILES string of the molecule is COc1cc(OC)cc(-c2csc(N3CCN(S(=O)(=O)c4cccc([N+](=O)[O-])c4)CC3)n2)c1.O=[N+]([O-])c1cccc(S(=O)(=O)N2CCN(c3nc(-c4ccc(Cl)c(Cl)c4)cs3)CC2)c1. The van der Waals surface area contributed by atoms with Gasteiger partial charge < -0.3 is 19.3 Å². The molecule has 0 saturated carbocycles. The van der Waals surface area contributed by atoms with Gasteiger partial charge in [0.1, 0.15) is 11.5 Å². The number of anilines is 2. The van der Waals surface area contributed by atoms with Crippen molar-refractivity contribution >= 4 is 87.6 Å². The lowest BCUT2D eigenvalue weighted by Crippen LogP contribution is -2.48. The number of thiazole rings is 2. The van der Waals surface area contributed by atoms with Crippen molar-refractivity contribution in [2.45, 2.75) is 9.79 Å². The van der Waals surface area contributed by atoms with E-state index in [0.717, 1.165) is 44.9 Å². The summed E-state index contributed by atoms with van der Waals surface area (Å²) in [7, 11) is -4.45. The summed E-state index contributed by atoms with van der Waals surface area (Å²) in [5, 5.41) is 28.3. The third-order valence-corrected chi connectivity index (χ3v) is 16.5. The Labute approximate surface area is 386 Å². The lowest BCUT2D eigenvalue weighted by molar-refractivity contribution is -0.385. The number of hydrogen-bond acceptors (Lipinski definition) is 16. The van der Waals surface area contributed by atoms with Gasteiger partial charge in [-0.2, -0.15) is 8.61 Å². The monoisotopic (exact) mass is 988 g/mol. The number of methoxy groups -OCH3 is 2. The Morgan fingerprint density at radius 2 is 1.02 bits per heavy atom. The van der Waals surface area contributed by atoms with Gasteiger partial charge in [-0.3, -0.25) is 20.2 Å². The Morgan fingerprint density at radius 3 is 1.42 bits per heavy atom. The van der Waals surface area contributed by atoms with Crippen LogP contribution in [0.15, 0.2) is 105 Å². The third kappa shape index (κ3) is 10.4. The Balaban J connectivity index is 0.000000192. The Kier molecular flexibility index (Phi) is 14.3. The molecule has 0 unspecified atom stereocenters. The van der Waals surface area contributed by atoms with Crippen LogP contribution < -0.4 is 19.3 Å². The van der Waals surface area contributed by atoms with Crippen LogP contribution >= 0.6 is 45.9 Å². The molecule has 64 heavy (non-hydrogen) atoms. The number of ether oxygens (including phenoxy) is 2. The largest absolute Gasteiger partial charge is 0.497 e. The molecule has 0 amide bonds. The number of nitro groups is 2. The molecule has 2 saturated heterocycles. The molecule has 2 aliphatic heterocycles. The quantitative estimate of drug-likeness (QED) is 0.0847. The van der Waals surface area contributed by atoms with Crippen LogP contribution in [-0.2, 0) is 20.0 Å². The Bertz CT molecular complexity index is 2880. The molecule has 0 N–H and O–H groups in total. The van der Waals surface area contributed by atoms with Crippen LogP contribution in [0.1, 0.15) is 0 Å². The van der Waals surface area contributed by atoms with Crippen LogP contribution in [0.2, 0.25) is 10.0 Å². The van der Waals surface area contributed by atoms with Crippen molar-refractivity contribution in [2.75, 3.05) is 76.4 Å². The maximum atomic E-state index is 13.0. The van der Waals surface area contributed by atoms with E-state index in [-0.39, 0.29) is 47.3 Å². The first-order valence-corrected chi connectivity index (χ1v) is 24.6. The second kappa shape index (κ2) is 19.7. The van der Waals surface area contributed by atoms with Gasteiger partial charge in [0.15, 0.2) is 10.3 Å². The van der Waals surface area contributed by atoms with Crippen molar-refractivity contribution in [1.82, 2.24) is 18.6 Å². The highest BCUT2D eigenvalue weighted by molar-refractivity contribution is 7.89. The normalized spacial score (nSPS) is 15.0. The highest BCUT2D eigenvalue weighted by atomic mass is 35.5. The van der Waals surface area contributed by atoms with Gasteiger partial charge in [-0.1, -0.05) is 41.4 Å². The first-order valence-electron chi connectivity index (χ1n) is 19.2. The molecule has 8 rings (SSSR count). The number of hydrogen-bond donors (Lipinski definition) is 0. The Morgan fingerprint density at radius 1 is 0.578 bits per heavy atom. The molecular weight excluding hydrogens is 952 g/mol. The summed E-state index contributed by atoms with van der Waals surface area (Å²) < 4.78 is 65.1. The zero-order valence-electron chi connectivity index (χ0n) is 33.9. The second-order valence-electron chi connectivity index (χ2n) is 14.1. The van der Waals surface area contributed by atoms with Crippen LogP contribution in [0.5, 0.6) is 11.5 Å². The van der Waals surface area contributed by atoms with E-state index >= 15 is 0 Å². The third-order valence-electron chi connectivity index (χ3n) is 10.2. The number of piperazine rings is 2. The molecule has 2 aliphatic rings. The Hall–Kier alpha value is -5.46. The van der Waals surface area contributed by atoms with Crippen LogP contribution in [-0.4, -0.2) is 112 Å². The summed E-state index contributed by atoms with van der Waals surface area (Å²) in [6.07, 6.45) is 0. The van der Waals surface area contributed by atoms with Gasteiger partial charge in [-0.15, -0.1) is 22.7 Å². The predicted octanol–water partition coefficient (Wildman–Crippen LogP) is 7.78. The highest BCUT2D eigenvalue weighted by Crippen LogP contribution is 2.35. The summed E-state index contributed by atoms with van der Waals surface area (Å²) in [6.45, 7) is 2.87. The summed E-state index contributed by atoms with van der Waals surface area (Å²) in [4.78, 5) is 34.0. The number of non-ortho nitro benzene ring substituents is 2. The number of rotatable bonds is 12. The maximum absolute atomic E-state index is 13.0. The van der Waals surface area contributed by atoms with E-state index < -0.39 is 29.9 Å². The zero-order chi connectivity index (χ0) is 45.8. The molecule has 0 atom stereocenters. The first-order chi connectivity index (χ1) is 30.6. The van der Waals surface area contributed by atoms with E-state index in [1.54, 1.807) is 32.4 Å². The van der Waals surface area contributed by atoms with Crippen molar-refractivity contribution in [3.8, 4) is 34.0 Å². The number of nitrogens with zero attached hydrogens (tertiary/aromatic N) is 8. The van der Waals surface area contributed by atoms with Crippen molar-refractivity contribution in [2.24, 2.45) is 0 Å². The van der Waals surface area contributed by atoms with Gasteiger partial charge in [-0.25, -0.2) is 26.8 Å². The molecule has 336 valence electrons. The van der Waals surface area contributed by atoms with Gasteiger partial charge in [0, 0.05) is 105 Å². The fourth-order valence-corrected chi connectivity index (χ4v) is 11.7. The number of halogens is 2. The maximum Gasteiger partial charge on any atom is 0.270 e. The fraction of sp³-hybridized carbons (Fsp3) is 0.250. The summed E-state index contributed by atoms with van der Waals surface area (Å²) >= 11 is 15.0. The van der Waals surface area contributed by atoms with Crippen molar-refractivity contribution < 1.29 is 36.2 Å². The molecular formula is C40H38Cl2N8O10S4.